The molecule has 236 valence electrons. The molecule has 0 saturated carbocycles. The smallest absolute Gasteiger partial charge is 0.337 e. The average Bonchev–Trinajstić information content (AvgIpc) is 3.00. The van der Waals surface area contributed by atoms with Gasteiger partial charge in [-0.3, -0.25) is 9.59 Å². The zero-order valence-corrected chi connectivity index (χ0v) is 26.4. The molecule has 0 aliphatic rings. The molecular formula is C34H30N2O8S2. The molecule has 4 aromatic rings. The molecule has 0 spiro atoms. The van der Waals surface area contributed by atoms with Gasteiger partial charge in [-0.2, -0.15) is 0 Å². The van der Waals surface area contributed by atoms with E-state index in [9.17, 15) is 36.3 Å². The number of hydrogen-bond donors (Lipinski definition) is 3. The number of aromatic carboxylic acids is 1. The maximum atomic E-state index is 12.5. The quantitative estimate of drug-likeness (QED) is 0.188. The normalized spacial score (nSPS) is 11.9. The molecule has 0 heterocycles. The van der Waals surface area contributed by atoms with Crippen LogP contribution in [0.15, 0.2) is 113 Å². The largest absolute Gasteiger partial charge is 0.478 e. The number of carboxylic acids is 1. The van der Waals surface area contributed by atoms with E-state index in [-0.39, 0.29) is 26.9 Å². The Bertz CT molecular complexity index is 2050. The highest BCUT2D eigenvalue weighted by molar-refractivity contribution is 7.91. The van der Waals surface area contributed by atoms with Crippen LogP contribution in [0.1, 0.15) is 32.6 Å². The Hall–Kier alpha value is -5.33. The highest BCUT2D eigenvalue weighted by Gasteiger charge is 2.13. The second-order valence-electron chi connectivity index (χ2n) is 10.4. The third-order valence-electron chi connectivity index (χ3n) is 6.67. The fraction of sp³-hybridized carbons (Fsp3) is 0.0882. The van der Waals surface area contributed by atoms with Crippen molar-refractivity contribution in [3.05, 3.63) is 131 Å². The third-order valence-corrected chi connectivity index (χ3v) is 8.93. The van der Waals surface area contributed by atoms with Crippen molar-refractivity contribution in [2.45, 2.75) is 16.2 Å². The van der Waals surface area contributed by atoms with Crippen LogP contribution < -0.4 is 10.6 Å². The summed E-state index contributed by atoms with van der Waals surface area (Å²) in [5, 5.41) is 15.1. The molecule has 0 bridgehead atoms. The van der Waals surface area contributed by atoms with E-state index in [0.717, 1.165) is 18.1 Å². The van der Waals surface area contributed by atoms with E-state index < -0.39 is 31.6 Å². The van der Waals surface area contributed by atoms with Gasteiger partial charge in [0.1, 0.15) is 0 Å². The molecule has 10 nitrogen and oxygen atoms in total. The number of hydrogen-bond acceptors (Lipinski definition) is 7. The Morgan fingerprint density at radius 3 is 1.54 bits per heavy atom. The summed E-state index contributed by atoms with van der Waals surface area (Å²) >= 11 is 0. The van der Waals surface area contributed by atoms with Crippen molar-refractivity contribution >= 4 is 61.0 Å². The Kier molecular flexibility index (Phi) is 10.3. The van der Waals surface area contributed by atoms with Gasteiger partial charge >= 0.3 is 5.97 Å². The SMILES string of the molecule is CS(=O)(=O)c1ccc(/C=C/C(=O)Nc2ccc(Cc3ccc(NC(=O)/C=C/c4ccc(S(C)(=O)=O)cc4)c(C(=O)O)c3)cc2)cc1. The number of anilines is 2. The third kappa shape index (κ3) is 9.58. The zero-order chi connectivity index (χ0) is 33.5. The number of rotatable bonds is 11. The summed E-state index contributed by atoms with van der Waals surface area (Å²) in [5.41, 5.74) is 3.40. The molecule has 0 aromatic heterocycles. The van der Waals surface area contributed by atoms with Crippen molar-refractivity contribution in [2.75, 3.05) is 23.1 Å². The van der Waals surface area contributed by atoms with Crippen molar-refractivity contribution in [1.29, 1.82) is 0 Å². The van der Waals surface area contributed by atoms with E-state index in [1.165, 1.54) is 54.6 Å². The van der Waals surface area contributed by atoms with Crippen molar-refractivity contribution in [3.63, 3.8) is 0 Å². The topological polar surface area (TPSA) is 164 Å². The van der Waals surface area contributed by atoms with Gasteiger partial charge in [-0.15, -0.1) is 0 Å². The Balaban J connectivity index is 1.35. The number of carbonyl (C=O) groups is 3. The maximum absolute atomic E-state index is 12.5. The first-order valence-electron chi connectivity index (χ1n) is 13.7. The van der Waals surface area contributed by atoms with E-state index in [4.69, 9.17) is 0 Å². The van der Waals surface area contributed by atoms with Crippen molar-refractivity contribution < 1.29 is 36.3 Å². The van der Waals surface area contributed by atoms with Crippen LogP contribution in [0.25, 0.3) is 12.2 Å². The highest BCUT2D eigenvalue weighted by atomic mass is 32.2. The van der Waals surface area contributed by atoms with Gasteiger partial charge in [0.05, 0.1) is 21.0 Å². The fourth-order valence-electron chi connectivity index (χ4n) is 4.28. The van der Waals surface area contributed by atoms with Gasteiger partial charge in [0.2, 0.25) is 11.8 Å². The van der Waals surface area contributed by atoms with Gasteiger partial charge in [-0.05, 0) is 89.4 Å². The van der Waals surface area contributed by atoms with Crippen LogP contribution in [0.4, 0.5) is 11.4 Å². The summed E-state index contributed by atoms with van der Waals surface area (Å²) < 4.78 is 46.4. The van der Waals surface area contributed by atoms with E-state index in [1.54, 1.807) is 60.7 Å². The summed E-state index contributed by atoms with van der Waals surface area (Å²) in [6.07, 6.45) is 8.24. The number of nitrogens with one attached hydrogen (secondary N) is 2. The second-order valence-corrected chi connectivity index (χ2v) is 14.4. The minimum atomic E-state index is -3.34. The first-order valence-corrected chi connectivity index (χ1v) is 17.5. The van der Waals surface area contributed by atoms with Crippen LogP contribution in [0.3, 0.4) is 0 Å². The summed E-state index contributed by atoms with van der Waals surface area (Å²) in [6, 6.07) is 23.9. The van der Waals surface area contributed by atoms with E-state index in [0.29, 0.717) is 28.8 Å². The maximum Gasteiger partial charge on any atom is 0.337 e. The van der Waals surface area contributed by atoms with Crippen LogP contribution in [0.5, 0.6) is 0 Å². The van der Waals surface area contributed by atoms with Crippen LogP contribution >= 0.6 is 0 Å². The Morgan fingerprint density at radius 1 is 0.630 bits per heavy atom. The number of carboxylic acid groups (broad SMARTS) is 1. The molecule has 0 fully saturated rings. The van der Waals surface area contributed by atoms with Crippen LogP contribution in [-0.4, -0.2) is 52.2 Å². The van der Waals surface area contributed by atoms with Gasteiger partial charge in [0, 0.05) is 30.4 Å². The standard InChI is InChI=1S/C34H30N2O8S2/c1-45(41,42)28-14-5-23(6-15-28)10-19-32(37)35-27-12-3-25(4-13-27)21-26-9-18-31(30(22-26)34(39)40)36-33(38)20-11-24-7-16-29(17-8-24)46(2,43)44/h3-20,22H,21H2,1-2H3,(H,35,37)(H,36,38)(H,39,40)/b19-10+,20-11+. The van der Waals surface area contributed by atoms with Crippen LogP contribution in [0.2, 0.25) is 0 Å². The molecule has 0 radical (unpaired) electrons. The molecule has 0 aliphatic heterocycles. The minimum absolute atomic E-state index is 0.0848. The summed E-state index contributed by atoms with van der Waals surface area (Å²) in [7, 11) is -6.64. The molecule has 46 heavy (non-hydrogen) atoms. The number of benzene rings is 4. The van der Waals surface area contributed by atoms with Gasteiger partial charge in [0.25, 0.3) is 0 Å². The number of amides is 2. The lowest BCUT2D eigenvalue weighted by Gasteiger charge is -2.10. The minimum Gasteiger partial charge on any atom is -0.478 e. The van der Waals surface area contributed by atoms with Gasteiger partial charge in [-0.1, -0.05) is 42.5 Å². The molecule has 0 atom stereocenters. The average molecular weight is 659 g/mol. The lowest BCUT2D eigenvalue weighted by atomic mass is 10.0. The molecule has 12 heteroatoms. The van der Waals surface area contributed by atoms with Crippen LogP contribution in [0, 0.1) is 0 Å². The van der Waals surface area contributed by atoms with Crippen molar-refractivity contribution in [2.24, 2.45) is 0 Å². The first-order chi connectivity index (χ1) is 21.7. The molecule has 0 saturated heterocycles. The lowest BCUT2D eigenvalue weighted by Crippen LogP contribution is -2.12. The monoisotopic (exact) mass is 658 g/mol. The van der Waals surface area contributed by atoms with E-state index in [2.05, 4.69) is 10.6 Å². The molecule has 0 aliphatic carbocycles. The fourth-order valence-corrected chi connectivity index (χ4v) is 5.54. The van der Waals surface area contributed by atoms with E-state index in [1.807, 2.05) is 0 Å². The Morgan fingerprint density at radius 2 is 1.09 bits per heavy atom. The molecule has 0 unspecified atom stereocenters. The highest BCUT2D eigenvalue weighted by Crippen LogP contribution is 2.21. The van der Waals surface area contributed by atoms with Crippen LogP contribution in [-0.2, 0) is 35.7 Å². The van der Waals surface area contributed by atoms with E-state index >= 15 is 0 Å². The molecule has 4 aromatic carbocycles. The second kappa shape index (κ2) is 14.2. The molecular weight excluding hydrogens is 629 g/mol. The summed E-state index contributed by atoms with van der Waals surface area (Å²) in [6.45, 7) is 0. The molecule has 4 rings (SSSR count). The van der Waals surface area contributed by atoms with Gasteiger partial charge < -0.3 is 15.7 Å². The molecule has 3 N–H and O–H groups in total. The van der Waals surface area contributed by atoms with Crippen molar-refractivity contribution in [1.82, 2.24) is 0 Å². The molecule has 2 amide bonds. The lowest BCUT2D eigenvalue weighted by molar-refractivity contribution is -0.112. The predicted octanol–water partition coefficient (Wildman–Crippen LogP) is 5.09. The Labute approximate surface area is 267 Å². The summed E-state index contributed by atoms with van der Waals surface area (Å²) in [4.78, 5) is 37.1. The number of sulfone groups is 2. The zero-order valence-electron chi connectivity index (χ0n) is 24.8. The van der Waals surface area contributed by atoms with Crippen molar-refractivity contribution in [3.8, 4) is 0 Å². The van der Waals surface area contributed by atoms with Gasteiger partial charge in [-0.25, -0.2) is 21.6 Å². The number of carbonyl (C=O) groups excluding carboxylic acids is 2. The summed E-state index contributed by atoms with van der Waals surface area (Å²) in [5.74, 6) is -2.14. The first kappa shape index (κ1) is 33.6. The predicted molar refractivity (Wildman–Crippen MR) is 177 cm³/mol. The van der Waals surface area contributed by atoms with Gasteiger partial charge in [0.15, 0.2) is 19.7 Å².